The number of nitrogens with zero attached hydrogens (tertiary/aromatic N) is 2. The molecule has 246 valence electrons. The summed E-state index contributed by atoms with van der Waals surface area (Å²) in [6.07, 6.45) is 5.44. The molecule has 0 saturated heterocycles. The lowest BCUT2D eigenvalue weighted by Gasteiger charge is -2.26. The first-order valence-electron chi connectivity index (χ1n) is 17.9. The molecule has 1 aliphatic rings. The molecule has 0 bridgehead atoms. The van der Waals surface area contributed by atoms with Gasteiger partial charge < -0.3 is 13.9 Å². The average molecular weight is 685 g/mol. The van der Waals surface area contributed by atoms with Crippen molar-refractivity contribution in [3.8, 4) is 5.69 Å². The number of anilines is 3. The van der Waals surface area contributed by atoms with E-state index >= 15 is 0 Å². The lowest BCUT2D eigenvalue weighted by molar-refractivity contribution is 0.532. The van der Waals surface area contributed by atoms with Crippen LogP contribution in [0.25, 0.3) is 64.7 Å². The van der Waals surface area contributed by atoms with Crippen molar-refractivity contribution in [1.29, 1.82) is 0 Å². The number of thiophene rings is 1. The Labute approximate surface area is 304 Å². The standard InChI is InChI=1S/C48H32N2OS/c1-2-10-33(11-3-1)50-43-15-7-4-12-37(43)38-26-23-35(29-44(38)50)49(36-24-27-42-41-14-6-9-17-47(41)52-48(42)30-36)34-21-18-31(19-22-34)32-20-25-40-39-13-5-8-16-45(39)51-46(40)28-32/h1-27,29-30,32H,28H2. The summed E-state index contributed by atoms with van der Waals surface area (Å²) in [6, 6.07) is 59.5. The highest BCUT2D eigenvalue weighted by atomic mass is 32.1. The Morgan fingerprint density at radius 3 is 2.06 bits per heavy atom. The minimum absolute atomic E-state index is 0.253. The number of aromatic nitrogens is 1. The highest BCUT2D eigenvalue weighted by Gasteiger charge is 2.23. The second-order valence-electron chi connectivity index (χ2n) is 13.7. The highest BCUT2D eigenvalue weighted by Crippen LogP contribution is 2.43. The minimum Gasteiger partial charge on any atom is -0.460 e. The third kappa shape index (κ3) is 4.58. The SMILES string of the molecule is C1=CC(c2ccc(N(c3ccc4c(c3)sc3ccccc34)c3ccc4c5ccccc5n(-c5ccccc5)c4c3)cc2)Cc2oc3ccccc3c21. The Morgan fingerprint density at radius 2 is 1.19 bits per heavy atom. The van der Waals surface area contributed by atoms with Crippen LogP contribution in [0.1, 0.15) is 22.8 Å². The molecule has 0 spiro atoms. The normalized spacial score (nSPS) is 14.2. The molecule has 3 heterocycles. The predicted molar refractivity (Wildman–Crippen MR) is 220 cm³/mol. The second kappa shape index (κ2) is 11.6. The molecule has 1 atom stereocenters. The van der Waals surface area contributed by atoms with E-state index in [0.717, 1.165) is 40.5 Å². The van der Waals surface area contributed by atoms with Crippen LogP contribution < -0.4 is 4.90 Å². The van der Waals surface area contributed by atoms with Crippen molar-refractivity contribution in [2.45, 2.75) is 12.3 Å². The van der Waals surface area contributed by atoms with E-state index in [4.69, 9.17) is 4.42 Å². The Morgan fingerprint density at radius 1 is 0.538 bits per heavy atom. The van der Waals surface area contributed by atoms with Gasteiger partial charge in [-0.15, -0.1) is 11.3 Å². The molecule has 0 fully saturated rings. The van der Waals surface area contributed by atoms with Crippen molar-refractivity contribution in [3.05, 3.63) is 187 Å². The smallest absolute Gasteiger partial charge is 0.134 e. The van der Waals surface area contributed by atoms with Gasteiger partial charge in [-0.1, -0.05) is 109 Å². The van der Waals surface area contributed by atoms with Crippen LogP contribution in [0.5, 0.6) is 0 Å². The van der Waals surface area contributed by atoms with E-state index in [1.807, 2.05) is 17.4 Å². The van der Waals surface area contributed by atoms with Gasteiger partial charge in [0.15, 0.2) is 0 Å². The minimum atomic E-state index is 0.253. The summed E-state index contributed by atoms with van der Waals surface area (Å²) in [5.41, 5.74) is 10.4. The first kappa shape index (κ1) is 29.4. The van der Waals surface area contributed by atoms with Crippen LogP contribution in [0.15, 0.2) is 174 Å². The number of benzene rings is 7. The van der Waals surface area contributed by atoms with E-state index in [0.29, 0.717) is 0 Å². The molecular formula is C48H32N2OS. The van der Waals surface area contributed by atoms with Crippen LogP contribution in [0.4, 0.5) is 17.1 Å². The summed E-state index contributed by atoms with van der Waals surface area (Å²) in [5.74, 6) is 1.32. The maximum absolute atomic E-state index is 6.31. The van der Waals surface area contributed by atoms with Crippen LogP contribution in [-0.4, -0.2) is 4.57 Å². The second-order valence-corrected chi connectivity index (χ2v) is 14.8. The van der Waals surface area contributed by atoms with Gasteiger partial charge in [0.1, 0.15) is 11.3 Å². The van der Waals surface area contributed by atoms with E-state index in [-0.39, 0.29) is 5.92 Å². The first-order chi connectivity index (χ1) is 25.8. The van der Waals surface area contributed by atoms with Crippen LogP contribution in [0.2, 0.25) is 0 Å². The zero-order valence-corrected chi connectivity index (χ0v) is 29.1. The number of para-hydroxylation sites is 3. The van der Waals surface area contributed by atoms with Gasteiger partial charge in [-0.05, 0) is 72.3 Å². The van der Waals surface area contributed by atoms with Gasteiger partial charge in [0.2, 0.25) is 0 Å². The fourth-order valence-corrected chi connectivity index (χ4v) is 9.42. The third-order valence-electron chi connectivity index (χ3n) is 10.7. The molecule has 0 saturated carbocycles. The monoisotopic (exact) mass is 684 g/mol. The summed E-state index contributed by atoms with van der Waals surface area (Å²) in [4.78, 5) is 2.41. The highest BCUT2D eigenvalue weighted by molar-refractivity contribution is 7.25. The lowest BCUT2D eigenvalue weighted by atomic mass is 9.88. The molecule has 0 amide bonds. The van der Waals surface area contributed by atoms with E-state index in [2.05, 4.69) is 179 Å². The Balaban J connectivity index is 1.06. The molecule has 11 rings (SSSR count). The van der Waals surface area contributed by atoms with Crippen LogP contribution in [-0.2, 0) is 6.42 Å². The Bertz CT molecular complexity index is 3000. The zero-order chi connectivity index (χ0) is 34.2. The van der Waals surface area contributed by atoms with E-state index in [1.165, 1.54) is 58.5 Å². The fourth-order valence-electron chi connectivity index (χ4n) is 8.28. The van der Waals surface area contributed by atoms with Crippen molar-refractivity contribution in [3.63, 3.8) is 0 Å². The summed E-state index contributed by atoms with van der Waals surface area (Å²) >= 11 is 1.86. The van der Waals surface area contributed by atoms with Crippen molar-refractivity contribution >= 4 is 87.4 Å². The molecule has 1 unspecified atom stereocenters. The number of furan rings is 1. The van der Waals surface area contributed by atoms with E-state index in [1.54, 1.807) is 0 Å². The maximum atomic E-state index is 6.31. The molecule has 0 radical (unpaired) electrons. The largest absolute Gasteiger partial charge is 0.460 e. The number of allylic oxidation sites excluding steroid dienone is 1. The maximum Gasteiger partial charge on any atom is 0.134 e. The van der Waals surface area contributed by atoms with Crippen molar-refractivity contribution in [2.24, 2.45) is 0 Å². The van der Waals surface area contributed by atoms with Gasteiger partial charge in [0.05, 0.1) is 11.0 Å². The van der Waals surface area contributed by atoms with Gasteiger partial charge >= 0.3 is 0 Å². The number of hydrogen-bond acceptors (Lipinski definition) is 3. The van der Waals surface area contributed by atoms with E-state index < -0.39 is 0 Å². The van der Waals surface area contributed by atoms with E-state index in [9.17, 15) is 0 Å². The Hall–Kier alpha value is -6.36. The van der Waals surface area contributed by atoms with Gasteiger partial charge in [-0.2, -0.15) is 0 Å². The predicted octanol–water partition coefficient (Wildman–Crippen LogP) is 13.7. The summed E-state index contributed by atoms with van der Waals surface area (Å²) in [6.45, 7) is 0. The number of fused-ring (bicyclic) bond motifs is 9. The summed E-state index contributed by atoms with van der Waals surface area (Å²) in [7, 11) is 0. The average Bonchev–Trinajstić information content (AvgIpc) is 3.87. The van der Waals surface area contributed by atoms with Crippen LogP contribution in [0, 0.1) is 0 Å². The third-order valence-corrected chi connectivity index (χ3v) is 11.9. The number of hydrogen-bond donors (Lipinski definition) is 0. The lowest BCUT2D eigenvalue weighted by Crippen LogP contribution is -2.11. The Kier molecular flexibility index (Phi) is 6.55. The van der Waals surface area contributed by atoms with Gasteiger partial charge in [-0.25, -0.2) is 0 Å². The van der Waals surface area contributed by atoms with Gasteiger partial charge in [0.25, 0.3) is 0 Å². The van der Waals surface area contributed by atoms with Crippen molar-refractivity contribution in [2.75, 3.05) is 4.90 Å². The number of rotatable bonds is 5. The zero-order valence-electron chi connectivity index (χ0n) is 28.2. The molecule has 3 nitrogen and oxygen atoms in total. The van der Waals surface area contributed by atoms with Crippen LogP contribution in [0.3, 0.4) is 0 Å². The molecule has 10 aromatic rings. The first-order valence-corrected chi connectivity index (χ1v) is 18.7. The van der Waals surface area contributed by atoms with Crippen molar-refractivity contribution in [1.82, 2.24) is 4.57 Å². The fraction of sp³-hybridized carbons (Fsp3) is 0.0417. The molecule has 52 heavy (non-hydrogen) atoms. The molecular weight excluding hydrogens is 653 g/mol. The molecule has 3 aromatic heterocycles. The topological polar surface area (TPSA) is 21.3 Å². The van der Waals surface area contributed by atoms with Gasteiger partial charge in [0, 0.05) is 77.0 Å². The summed E-state index contributed by atoms with van der Waals surface area (Å²) in [5, 5.41) is 6.30. The van der Waals surface area contributed by atoms with Crippen molar-refractivity contribution < 1.29 is 4.42 Å². The van der Waals surface area contributed by atoms with Crippen LogP contribution >= 0.6 is 11.3 Å². The summed E-state index contributed by atoms with van der Waals surface area (Å²) < 4.78 is 11.3. The molecule has 1 aliphatic carbocycles. The molecule has 7 aromatic carbocycles. The van der Waals surface area contributed by atoms with Gasteiger partial charge in [-0.3, -0.25) is 0 Å². The molecule has 4 heteroatoms. The molecule has 0 aliphatic heterocycles. The quantitative estimate of drug-likeness (QED) is 0.180. The molecule has 0 N–H and O–H groups in total.